The van der Waals surface area contributed by atoms with E-state index in [1.165, 1.54) is 31.4 Å². The molecule has 0 saturated heterocycles. The van der Waals surface area contributed by atoms with E-state index < -0.39 is 10.0 Å². The van der Waals surface area contributed by atoms with E-state index in [1.54, 1.807) is 18.9 Å². The third-order valence-electron chi connectivity index (χ3n) is 4.39. The van der Waals surface area contributed by atoms with E-state index in [2.05, 4.69) is 4.72 Å². The normalized spacial score (nSPS) is 13.9. The summed E-state index contributed by atoms with van der Waals surface area (Å²) >= 11 is 0. The van der Waals surface area contributed by atoms with Gasteiger partial charge in [-0.15, -0.1) is 0 Å². The molecule has 0 fully saturated rings. The molecule has 1 aliphatic heterocycles. The van der Waals surface area contributed by atoms with Gasteiger partial charge in [0.1, 0.15) is 0 Å². The average Bonchev–Trinajstić information content (AvgIpc) is 3.15. The maximum atomic E-state index is 12.7. The highest BCUT2D eigenvalue weighted by Crippen LogP contribution is 2.32. The molecule has 2 aromatic rings. The van der Waals surface area contributed by atoms with Crippen molar-refractivity contribution in [3.05, 3.63) is 53.6 Å². The Labute approximate surface area is 170 Å². The molecular weight excluding hydrogens is 396 g/mol. The van der Waals surface area contributed by atoms with Crippen LogP contribution in [0.1, 0.15) is 22.8 Å². The zero-order valence-electron chi connectivity index (χ0n) is 16.5. The third kappa shape index (κ3) is 5.06. The van der Waals surface area contributed by atoms with Gasteiger partial charge in [0.05, 0.1) is 11.5 Å². The van der Waals surface area contributed by atoms with Crippen LogP contribution in [0.25, 0.3) is 0 Å². The number of rotatable bonds is 8. The van der Waals surface area contributed by atoms with Gasteiger partial charge in [0, 0.05) is 32.3 Å². The summed E-state index contributed by atoms with van der Waals surface area (Å²) in [5.74, 6) is 1.13. The van der Waals surface area contributed by atoms with Crippen LogP contribution < -0.4 is 14.2 Å². The summed E-state index contributed by atoms with van der Waals surface area (Å²) in [6, 6.07) is 11.0. The second-order valence-electron chi connectivity index (χ2n) is 6.85. The standard InChI is InChI=1S/C20H24N2O6S/c1-14(12-26-3)21-29(24,25)17-7-5-16(6-8-17)20(23)22(2)11-15-4-9-18-19(10-15)28-13-27-18/h4-10,14,21H,11-13H2,1-3H3/t14-/m0/s1. The molecule has 3 rings (SSSR count). The fourth-order valence-electron chi connectivity index (χ4n) is 3.00. The highest BCUT2D eigenvalue weighted by atomic mass is 32.2. The van der Waals surface area contributed by atoms with Gasteiger partial charge in [0.25, 0.3) is 5.91 Å². The Kier molecular flexibility index (Phi) is 6.41. The maximum absolute atomic E-state index is 12.7. The van der Waals surface area contributed by atoms with Crippen molar-refractivity contribution in [2.75, 3.05) is 27.6 Å². The smallest absolute Gasteiger partial charge is 0.253 e. The number of carbonyl (C=O) groups is 1. The van der Waals surface area contributed by atoms with Crippen LogP contribution in [0, 0.1) is 0 Å². The lowest BCUT2D eigenvalue weighted by atomic mass is 10.1. The number of ether oxygens (including phenoxy) is 3. The molecule has 0 aliphatic carbocycles. The number of hydrogen-bond donors (Lipinski definition) is 1. The van der Waals surface area contributed by atoms with Crippen molar-refractivity contribution in [3.8, 4) is 11.5 Å². The monoisotopic (exact) mass is 420 g/mol. The van der Waals surface area contributed by atoms with E-state index in [9.17, 15) is 13.2 Å². The van der Waals surface area contributed by atoms with Crippen molar-refractivity contribution in [1.82, 2.24) is 9.62 Å². The van der Waals surface area contributed by atoms with Crippen LogP contribution >= 0.6 is 0 Å². The molecule has 29 heavy (non-hydrogen) atoms. The Hall–Kier alpha value is -2.62. The van der Waals surface area contributed by atoms with E-state index in [1.807, 2.05) is 18.2 Å². The first-order valence-electron chi connectivity index (χ1n) is 9.05. The van der Waals surface area contributed by atoms with Gasteiger partial charge in [-0.3, -0.25) is 4.79 Å². The van der Waals surface area contributed by atoms with E-state index in [0.717, 1.165) is 5.56 Å². The lowest BCUT2D eigenvalue weighted by molar-refractivity contribution is 0.0785. The van der Waals surface area contributed by atoms with E-state index in [-0.39, 0.29) is 30.2 Å². The number of sulfonamides is 1. The number of carbonyl (C=O) groups excluding carboxylic acids is 1. The van der Waals surface area contributed by atoms with Gasteiger partial charge in [-0.05, 0) is 48.9 Å². The molecule has 1 atom stereocenters. The fourth-order valence-corrected chi connectivity index (χ4v) is 4.23. The van der Waals surface area contributed by atoms with E-state index in [0.29, 0.717) is 23.6 Å². The Balaban J connectivity index is 1.66. The first-order valence-corrected chi connectivity index (χ1v) is 10.5. The van der Waals surface area contributed by atoms with Crippen LogP contribution in [-0.2, 0) is 21.3 Å². The molecule has 0 bridgehead atoms. The largest absolute Gasteiger partial charge is 0.454 e. The predicted molar refractivity (Wildman–Crippen MR) is 106 cm³/mol. The molecule has 1 aliphatic rings. The first-order chi connectivity index (χ1) is 13.8. The molecule has 8 nitrogen and oxygen atoms in total. The molecule has 0 saturated carbocycles. The highest BCUT2D eigenvalue weighted by Gasteiger charge is 2.19. The predicted octanol–water partition coefficient (Wildman–Crippen LogP) is 2.00. The zero-order chi connectivity index (χ0) is 21.0. The van der Waals surface area contributed by atoms with Crippen molar-refractivity contribution in [2.24, 2.45) is 0 Å². The van der Waals surface area contributed by atoms with E-state index in [4.69, 9.17) is 14.2 Å². The summed E-state index contributed by atoms with van der Waals surface area (Å²) in [5.41, 5.74) is 1.30. The maximum Gasteiger partial charge on any atom is 0.253 e. The lowest BCUT2D eigenvalue weighted by Gasteiger charge is -2.18. The Morgan fingerprint density at radius 3 is 2.55 bits per heavy atom. The molecule has 1 N–H and O–H groups in total. The zero-order valence-corrected chi connectivity index (χ0v) is 17.4. The summed E-state index contributed by atoms with van der Waals surface area (Å²) in [4.78, 5) is 14.3. The van der Waals surface area contributed by atoms with Crippen molar-refractivity contribution < 1.29 is 27.4 Å². The first kappa shape index (κ1) is 21.1. The molecule has 0 aromatic heterocycles. The molecule has 0 spiro atoms. The van der Waals surface area contributed by atoms with Crippen LogP contribution in [-0.4, -0.2) is 52.8 Å². The minimum Gasteiger partial charge on any atom is -0.454 e. The SMILES string of the molecule is COC[C@H](C)NS(=O)(=O)c1ccc(C(=O)N(C)Cc2ccc3c(c2)OCO3)cc1. The summed E-state index contributed by atoms with van der Waals surface area (Å²) in [7, 11) is -0.488. The van der Waals surface area contributed by atoms with Crippen LogP contribution in [0.4, 0.5) is 0 Å². The lowest BCUT2D eigenvalue weighted by Crippen LogP contribution is -2.35. The van der Waals surface area contributed by atoms with Crippen LogP contribution in [0.5, 0.6) is 11.5 Å². The summed E-state index contributed by atoms with van der Waals surface area (Å²) in [6.45, 7) is 2.55. The quantitative estimate of drug-likeness (QED) is 0.702. The van der Waals surface area contributed by atoms with E-state index >= 15 is 0 Å². The summed E-state index contributed by atoms with van der Waals surface area (Å²) < 4.78 is 42.9. The van der Waals surface area contributed by atoms with Crippen LogP contribution in [0.3, 0.4) is 0 Å². The Bertz CT molecular complexity index is 975. The van der Waals surface area contributed by atoms with Crippen molar-refractivity contribution in [2.45, 2.75) is 24.4 Å². The number of nitrogens with one attached hydrogen (secondary N) is 1. The Morgan fingerprint density at radius 2 is 1.86 bits per heavy atom. The van der Waals surface area contributed by atoms with Crippen molar-refractivity contribution >= 4 is 15.9 Å². The Morgan fingerprint density at radius 1 is 1.17 bits per heavy atom. The van der Waals surface area contributed by atoms with Gasteiger partial charge in [0.15, 0.2) is 11.5 Å². The third-order valence-corrected chi connectivity index (χ3v) is 5.99. The number of hydrogen-bond acceptors (Lipinski definition) is 6. The summed E-state index contributed by atoms with van der Waals surface area (Å²) in [6.07, 6.45) is 0. The van der Waals surface area contributed by atoms with Gasteiger partial charge >= 0.3 is 0 Å². The van der Waals surface area contributed by atoms with Crippen LogP contribution in [0.15, 0.2) is 47.4 Å². The number of fused-ring (bicyclic) bond motifs is 1. The molecule has 1 amide bonds. The minimum atomic E-state index is -3.68. The van der Waals surface area contributed by atoms with Crippen molar-refractivity contribution in [3.63, 3.8) is 0 Å². The topological polar surface area (TPSA) is 94.2 Å². The van der Waals surface area contributed by atoms with Gasteiger partial charge in [-0.25, -0.2) is 13.1 Å². The van der Waals surface area contributed by atoms with Crippen LogP contribution in [0.2, 0.25) is 0 Å². The number of methoxy groups -OCH3 is 1. The fraction of sp³-hybridized carbons (Fsp3) is 0.350. The molecule has 0 radical (unpaired) electrons. The number of amides is 1. The molecule has 2 aromatic carbocycles. The number of nitrogens with zero attached hydrogens (tertiary/aromatic N) is 1. The second kappa shape index (κ2) is 8.81. The van der Waals surface area contributed by atoms with Gasteiger partial charge in [-0.2, -0.15) is 0 Å². The molecular formula is C20H24N2O6S. The summed E-state index contributed by atoms with van der Waals surface area (Å²) in [5, 5.41) is 0. The van der Waals surface area contributed by atoms with Crippen molar-refractivity contribution in [1.29, 1.82) is 0 Å². The van der Waals surface area contributed by atoms with Gasteiger partial charge in [0.2, 0.25) is 16.8 Å². The molecule has 156 valence electrons. The minimum absolute atomic E-state index is 0.0930. The van der Waals surface area contributed by atoms with Gasteiger partial charge in [-0.1, -0.05) is 6.07 Å². The second-order valence-corrected chi connectivity index (χ2v) is 8.56. The highest BCUT2D eigenvalue weighted by molar-refractivity contribution is 7.89. The molecule has 0 unspecified atom stereocenters. The number of benzene rings is 2. The molecule has 9 heteroatoms. The average molecular weight is 420 g/mol. The van der Waals surface area contributed by atoms with Gasteiger partial charge < -0.3 is 19.1 Å². The molecule has 1 heterocycles.